The summed E-state index contributed by atoms with van der Waals surface area (Å²) in [6.45, 7) is 2.02. The molecule has 0 aliphatic carbocycles. The summed E-state index contributed by atoms with van der Waals surface area (Å²) in [5.41, 5.74) is 2.28. The fourth-order valence-corrected chi connectivity index (χ4v) is 2.30. The van der Waals surface area contributed by atoms with Crippen LogP contribution in [0.3, 0.4) is 0 Å². The van der Waals surface area contributed by atoms with Gasteiger partial charge in [0, 0.05) is 5.69 Å². The van der Waals surface area contributed by atoms with Gasteiger partial charge in [0.05, 0.1) is 14.7 Å². The van der Waals surface area contributed by atoms with Crippen molar-refractivity contribution >= 4 is 33.8 Å². The molecule has 0 radical (unpaired) electrons. The quantitative estimate of drug-likeness (QED) is 0.617. The zero-order chi connectivity index (χ0) is 7.84. The summed E-state index contributed by atoms with van der Waals surface area (Å²) in [6, 6.07) is 4.05. The van der Waals surface area contributed by atoms with Gasteiger partial charge in [-0.25, -0.2) is 0 Å². The van der Waals surface area contributed by atoms with Gasteiger partial charge in [-0.1, -0.05) is 12.2 Å². The molecule has 3 heteroatoms. The van der Waals surface area contributed by atoms with Crippen molar-refractivity contribution in [2.45, 2.75) is 6.92 Å². The average Bonchev–Trinajstić information content (AvgIpc) is 2.34. The Morgan fingerprint density at radius 3 is 3.18 bits per heavy atom. The Morgan fingerprint density at radius 1 is 1.55 bits per heavy atom. The lowest BCUT2D eigenvalue weighted by Gasteiger charge is -1.93. The second-order valence-corrected chi connectivity index (χ2v) is 3.84. The summed E-state index contributed by atoms with van der Waals surface area (Å²) < 4.78 is 2.14. The van der Waals surface area contributed by atoms with Gasteiger partial charge in [-0.2, -0.15) is 0 Å². The third kappa shape index (κ3) is 1.10. The van der Waals surface area contributed by atoms with E-state index >= 15 is 0 Å². The Labute approximate surface area is 73.7 Å². The van der Waals surface area contributed by atoms with Crippen LogP contribution in [-0.2, 0) is 0 Å². The SMILES string of the molecule is Cc1cc(=S)c2sccc2[nH]1. The molecule has 0 amide bonds. The predicted octanol–water partition coefficient (Wildman–Crippen LogP) is 3.27. The van der Waals surface area contributed by atoms with E-state index in [0.717, 1.165) is 15.7 Å². The standard InChI is InChI=1S/C8H7NS2/c1-5-4-7(10)8-6(9-5)2-3-11-8/h2-4H,1H3,(H,9,10). The van der Waals surface area contributed by atoms with Gasteiger partial charge in [0.15, 0.2) is 0 Å². The molecule has 0 spiro atoms. The topological polar surface area (TPSA) is 15.8 Å². The summed E-state index contributed by atoms with van der Waals surface area (Å²) in [4.78, 5) is 3.25. The summed E-state index contributed by atoms with van der Waals surface area (Å²) in [5, 5.41) is 2.05. The van der Waals surface area contributed by atoms with Crippen molar-refractivity contribution in [3.8, 4) is 0 Å². The lowest BCUT2D eigenvalue weighted by Crippen LogP contribution is -1.78. The Balaban J connectivity index is 3.02. The van der Waals surface area contributed by atoms with E-state index in [4.69, 9.17) is 12.2 Å². The minimum atomic E-state index is 0.950. The molecule has 0 aliphatic rings. The molecular weight excluding hydrogens is 174 g/mol. The summed E-state index contributed by atoms with van der Waals surface area (Å²) in [5.74, 6) is 0. The average molecular weight is 181 g/mol. The first-order chi connectivity index (χ1) is 5.27. The van der Waals surface area contributed by atoms with Gasteiger partial charge in [-0.3, -0.25) is 0 Å². The number of nitrogens with one attached hydrogen (secondary N) is 1. The second-order valence-electron chi connectivity index (χ2n) is 2.48. The number of rotatable bonds is 0. The Kier molecular flexibility index (Phi) is 1.55. The van der Waals surface area contributed by atoms with Gasteiger partial charge in [0.1, 0.15) is 0 Å². The van der Waals surface area contributed by atoms with Crippen LogP contribution in [0.25, 0.3) is 10.2 Å². The van der Waals surface area contributed by atoms with E-state index in [-0.39, 0.29) is 0 Å². The van der Waals surface area contributed by atoms with E-state index < -0.39 is 0 Å². The first-order valence-electron chi connectivity index (χ1n) is 3.34. The van der Waals surface area contributed by atoms with Crippen molar-refractivity contribution in [2.24, 2.45) is 0 Å². The van der Waals surface area contributed by atoms with E-state index in [1.165, 1.54) is 4.70 Å². The van der Waals surface area contributed by atoms with Crippen LogP contribution in [0.1, 0.15) is 5.69 Å². The lowest BCUT2D eigenvalue weighted by atomic mass is 10.3. The molecule has 0 fully saturated rings. The molecule has 0 bridgehead atoms. The zero-order valence-corrected chi connectivity index (χ0v) is 7.68. The first-order valence-corrected chi connectivity index (χ1v) is 4.63. The highest BCUT2D eigenvalue weighted by atomic mass is 32.1. The maximum Gasteiger partial charge on any atom is 0.0686 e. The summed E-state index contributed by atoms with van der Waals surface area (Å²) in [7, 11) is 0. The third-order valence-corrected chi connectivity index (χ3v) is 2.97. The van der Waals surface area contributed by atoms with Crippen LogP contribution in [0.4, 0.5) is 0 Å². The molecule has 56 valence electrons. The van der Waals surface area contributed by atoms with Crippen molar-refractivity contribution in [3.05, 3.63) is 27.7 Å². The van der Waals surface area contributed by atoms with Gasteiger partial charge < -0.3 is 4.98 Å². The number of fused-ring (bicyclic) bond motifs is 1. The molecule has 2 aromatic rings. The lowest BCUT2D eigenvalue weighted by molar-refractivity contribution is 1.26. The van der Waals surface area contributed by atoms with Gasteiger partial charge in [-0.05, 0) is 24.4 Å². The minimum Gasteiger partial charge on any atom is -0.358 e. The van der Waals surface area contributed by atoms with Crippen LogP contribution >= 0.6 is 23.6 Å². The fraction of sp³-hybridized carbons (Fsp3) is 0.125. The molecule has 2 rings (SSSR count). The molecule has 0 aromatic carbocycles. The number of aromatic amines is 1. The summed E-state index contributed by atoms with van der Waals surface area (Å²) in [6.07, 6.45) is 0. The monoisotopic (exact) mass is 181 g/mol. The van der Waals surface area contributed by atoms with Crippen LogP contribution < -0.4 is 0 Å². The number of hydrogen-bond acceptors (Lipinski definition) is 2. The Bertz CT molecular complexity index is 439. The number of aryl methyl sites for hydroxylation is 1. The number of aromatic nitrogens is 1. The van der Waals surface area contributed by atoms with E-state index in [0.29, 0.717) is 0 Å². The highest BCUT2D eigenvalue weighted by Gasteiger charge is 1.96. The van der Waals surface area contributed by atoms with Gasteiger partial charge in [0.2, 0.25) is 0 Å². The van der Waals surface area contributed by atoms with Crippen molar-refractivity contribution in [2.75, 3.05) is 0 Å². The normalized spacial score (nSPS) is 10.6. The second kappa shape index (κ2) is 2.43. The van der Waals surface area contributed by atoms with Gasteiger partial charge >= 0.3 is 0 Å². The third-order valence-electron chi connectivity index (χ3n) is 1.57. The van der Waals surface area contributed by atoms with Crippen LogP contribution in [0.15, 0.2) is 17.5 Å². The number of H-pyrrole nitrogens is 1. The molecule has 0 atom stereocenters. The molecule has 11 heavy (non-hydrogen) atoms. The predicted molar refractivity (Wildman–Crippen MR) is 51.7 cm³/mol. The minimum absolute atomic E-state index is 0.950. The van der Waals surface area contributed by atoms with Crippen LogP contribution in [0.2, 0.25) is 0 Å². The first kappa shape index (κ1) is 7.00. The van der Waals surface area contributed by atoms with E-state index in [1.807, 2.05) is 13.0 Å². The molecule has 2 aromatic heterocycles. The maximum absolute atomic E-state index is 5.19. The molecule has 2 heterocycles. The maximum atomic E-state index is 5.19. The molecule has 1 nitrogen and oxygen atoms in total. The number of hydrogen-bond donors (Lipinski definition) is 1. The molecule has 0 unspecified atom stereocenters. The molecule has 0 saturated heterocycles. The summed E-state index contributed by atoms with van der Waals surface area (Å²) >= 11 is 6.87. The van der Waals surface area contributed by atoms with Gasteiger partial charge in [0.25, 0.3) is 0 Å². The molecule has 0 saturated carbocycles. The fourth-order valence-electron chi connectivity index (χ4n) is 1.11. The largest absolute Gasteiger partial charge is 0.358 e. The molecule has 0 aliphatic heterocycles. The van der Waals surface area contributed by atoms with E-state index in [1.54, 1.807) is 11.3 Å². The van der Waals surface area contributed by atoms with Crippen molar-refractivity contribution in [3.63, 3.8) is 0 Å². The zero-order valence-electron chi connectivity index (χ0n) is 6.05. The molecular formula is C8H7NS2. The highest BCUT2D eigenvalue weighted by Crippen LogP contribution is 2.20. The molecule has 1 N–H and O–H groups in total. The Morgan fingerprint density at radius 2 is 2.36 bits per heavy atom. The van der Waals surface area contributed by atoms with E-state index in [2.05, 4.69) is 16.4 Å². The van der Waals surface area contributed by atoms with Crippen molar-refractivity contribution < 1.29 is 0 Å². The number of thiophene rings is 1. The van der Waals surface area contributed by atoms with Crippen LogP contribution in [0, 0.1) is 11.4 Å². The van der Waals surface area contributed by atoms with E-state index in [9.17, 15) is 0 Å². The Hall–Kier alpha value is -0.670. The van der Waals surface area contributed by atoms with Crippen molar-refractivity contribution in [1.82, 2.24) is 4.98 Å². The van der Waals surface area contributed by atoms with Crippen molar-refractivity contribution in [1.29, 1.82) is 0 Å². The van der Waals surface area contributed by atoms with Gasteiger partial charge in [-0.15, -0.1) is 11.3 Å². The highest BCUT2D eigenvalue weighted by molar-refractivity contribution is 7.72. The smallest absolute Gasteiger partial charge is 0.0686 e. The number of pyridine rings is 1. The van der Waals surface area contributed by atoms with Crippen LogP contribution in [-0.4, -0.2) is 4.98 Å². The van der Waals surface area contributed by atoms with Crippen LogP contribution in [0.5, 0.6) is 0 Å².